The van der Waals surface area contributed by atoms with Crippen molar-refractivity contribution in [1.29, 1.82) is 0 Å². The smallest absolute Gasteiger partial charge is 0.224 e. The molecule has 3 rings (SSSR count). The summed E-state index contributed by atoms with van der Waals surface area (Å²) in [6.45, 7) is 2.98. The number of halogens is 2. The third kappa shape index (κ3) is 3.35. The van der Waals surface area contributed by atoms with Crippen LogP contribution in [0.4, 0.5) is 17.5 Å². The van der Waals surface area contributed by atoms with Crippen molar-refractivity contribution in [3.05, 3.63) is 33.2 Å². The van der Waals surface area contributed by atoms with Crippen LogP contribution in [0.1, 0.15) is 6.92 Å². The molecule has 2 aromatic heterocycles. The first-order chi connectivity index (χ1) is 9.93. The molecule has 2 N–H and O–H groups in total. The third-order valence-corrected chi connectivity index (χ3v) is 4.05. The van der Waals surface area contributed by atoms with Crippen molar-refractivity contribution in [2.24, 2.45) is 0 Å². The van der Waals surface area contributed by atoms with Gasteiger partial charge >= 0.3 is 0 Å². The summed E-state index contributed by atoms with van der Waals surface area (Å²) in [7, 11) is 0. The lowest BCUT2D eigenvalue weighted by Gasteiger charge is -2.45. The van der Waals surface area contributed by atoms with Crippen LogP contribution in [-0.2, 0) is 0 Å². The van der Waals surface area contributed by atoms with Crippen molar-refractivity contribution in [3.63, 3.8) is 0 Å². The zero-order chi connectivity index (χ0) is 15.0. The lowest BCUT2D eigenvalue weighted by atomic mass is 9.97. The number of nitrogens with zero attached hydrogens (tertiary/aromatic N) is 4. The maximum absolute atomic E-state index is 9.80. The van der Waals surface area contributed by atoms with E-state index >= 15 is 0 Å². The molecule has 0 radical (unpaired) electrons. The first-order valence-electron chi connectivity index (χ1n) is 6.32. The monoisotopic (exact) mass is 417 g/mol. The highest BCUT2D eigenvalue weighted by atomic mass is 127. The topological polar surface area (TPSA) is 74.2 Å². The van der Waals surface area contributed by atoms with Gasteiger partial charge in [0, 0.05) is 19.3 Å². The molecule has 0 saturated carbocycles. The van der Waals surface area contributed by atoms with E-state index in [2.05, 4.69) is 42.9 Å². The van der Waals surface area contributed by atoms with Crippen LogP contribution in [-0.4, -0.2) is 38.7 Å². The first kappa shape index (κ1) is 14.7. The van der Waals surface area contributed by atoms with Crippen LogP contribution in [0.15, 0.2) is 24.4 Å². The van der Waals surface area contributed by atoms with Crippen LogP contribution in [0, 0.1) is 3.57 Å². The van der Waals surface area contributed by atoms with Crippen molar-refractivity contribution >= 4 is 51.6 Å². The molecule has 110 valence electrons. The highest BCUT2D eigenvalue weighted by Gasteiger charge is 2.37. The molecule has 3 heterocycles. The molecule has 0 aromatic carbocycles. The quantitative estimate of drug-likeness (QED) is 0.590. The minimum absolute atomic E-state index is 0.188. The van der Waals surface area contributed by atoms with Crippen LogP contribution in [0.25, 0.3) is 0 Å². The van der Waals surface area contributed by atoms with Gasteiger partial charge in [-0.25, -0.2) is 9.97 Å². The molecule has 21 heavy (non-hydrogen) atoms. The summed E-state index contributed by atoms with van der Waals surface area (Å²) in [6.07, 6.45) is 1.65. The Kier molecular flexibility index (Phi) is 3.89. The van der Waals surface area contributed by atoms with E-state index in [4.69, 9.17) is 11.6 Å². The lowest BCUT2D eigenvalue weighted by Crippen LogP contribution is -2.60. The third-order valence-electron chi connectivity index (χ3n) is 3.08. The van der Waals surface area contributed by atoms with Crippen LogP contribution in [0.2, 0.25) is 5.28 Å². The highest BCUT2D eigenvalue weighted by Crippen LogP contribution is 2.27. The van der Waals surface area contributed by atoms with Crippen molar-refractivity contribution in [1.82, 2.24) is 15.0 Å². The van der Waals surface area contributed by atoms with Crippen molar-refractivity contribution in [2.75, 3.05) is 23.3 Å². The number of β-amino-alcohol motifs (C(OH)–C–C–N with tert-alkyl or cyclic N) is 1. The fourth-order valence-electron chi connectivity index (χ4n) is 2.16. The number of hydrogen-bond acceptors (Lipinski definition) is 6. The molecule has 0 aliphatic carbocycles. The number of rotatable bonds is 3. The van der Waals surface area contributed by atoms with Gasteiger partial charge in [0.1, 0.15) is 17.5 Å². The standard InChI is InChI=1S/C13H13ClIN5O/c1-13(21)6-20(7-13)10-4-2-3-9(17-10)18-11-8(15)5-16-12(14)19-11/h2-5,21H,6-7H2,1H3,(H,16,17,18,19). The van der Waals surface area contributed by atoms with Crippen LogP contribution >= 0.6 is 34.2 Å². The van der Waals surface area contributed by atoms with Gasteiger partial charge in [0.15, 0.2) is 0 Å². The Morgan fingerprint density at radius 1 is 1.38 bits per heavy atom. The molecule has 1 aliphatic heterocycles. The molecular weight excluding hydrogens is 405 g/mol. The number of hydrogen-bond donors (Lipinski definition) is 2. The Bertz CT molecular complexity index is 673. The normalized spacial score (nSPS) is 16.5. The Balaban J connectivity index is 1.79. The summed E-state index contributed by atoms with van der Waals surface area (Å²) in [4.78, 5) is 14.6. The summed E-state index contributed by atoms with van der Waals surface area (Å²) < 4.78 is 0.857. The van der Waals surface area contributed by atoms with Gasteiger partial charge in [-0.05, 0) is 53.2 Å². The predicted octanol–water partition coefficient (Wildman–Crippen LogP) is 2.44. The van der Waals surface area contributed by atoms with Crippen molar-refractivity contribution < 1.29 is 5.11 Å². The molecule has 1 fully saturated rings. The molecule has 0 unspecified atom stereocenters. The molecule has 0 bridgehead atoms. The molecule has 0 spiro atoms. The van der Waals surface area contributed by atoms with E-state index in [1.54, 1.807) is 6.20 Å². The number of nitrogens with one attached hydrogen (secondary N) is 1. The molecule has 0 amide bonds. The van der Waals surface area contributed by atoms with E-state index in [0.717, 1.165) is 9.39 Å². The average molecular weight is 418 g/mol. The average Bonchev–Trinajstić information content (AvgIpc) is 2.40. The fourth-order valence-corrected chi connectivity index (χ4v) is 2.69. The van der Waals surface area contributed by atoms with E-state index in [9.17, 15) is 5.11 Å². The van der Waals surface area contributed by atoms with Crippen molar-refractivity contribution in [2.45, 2.75) is 12.5 Å². The predicted molar refractivity (Wildman–Crippen MR) is 90.1 cm³/mol. The number of aliphatic hydroxyl groups is 1. The van der Waals surface area contributed by atoms with Gasteiger partial charge < -0.3 is 15.3 Å². The Hall–Kier alpha value is -1.19. The second-order valence-electron chi connectivity index (χ2n) is 5.19. The van der Waals surface area contributed by atoms with Gasteiger partial charge in [0.25, 0.3) is 0 Å². The van der Waals surface area contributed by atoms with E-state index in [-0.39, 0.29) is 5.28 Å². The second-order valence-corrected chi connectivity index (χ2v) is 6.69. The maximum atomic E-state index is 9.80. The largest absolute Gasteiger partial charge is 0.386 e. The molecule has 2 aromatic rings. The van der Waals surface area contributed by atoms with Gasteiger partial charge in [-0.3, -0.25) is 0 Å². The minimum Gasteiger partial charge on any atom is -0.386 e. The van der Waals surface area contributed by atoms with Crippen LogP contribution in [0.3, 0.4) is 0 Å². The van der Waals surface area contributed by atoms with Gasteiger partial charge in [-0.2, -0.15) is 4.98 Å². The molecular formula is C13H13ClIN5O. The summed E-state index contributed by atoms with van der Waals surface area (Å²) in [6, 6.07) is 5.68. The second kappa shape index (κ2) is 5.54. The zero-order valence-electron chi connectivity index (χ0n) is 11.2. The van der Waals surface area contributed by atoms with E-state index in [1.807, 2.05) is 30.0 Å². The van der Waals surface area contributed by atoms with Crippen LogP contribution < -0.4 is 10.2 Å². The van der Waals surface area contributed by atoms with E-state index in [1.165, 1.54) is 0 Å². The molecule has 0 atom stereocenters. The van der Waals surface area contributed by atoms with Gasteiger partial charge in [-0.15, -0.1) is 0 Å². The Labute approximate surface area is 140 Å². The molecule has 8 heteroatoms. The summed E-state index contributed by atoms with van der Waals surface area (Å²) in [5, 5.41) is 13.1. The van der Waals surface area contributed by atoms with E-state index in [0.29, 0.717) is 24.7 Å². The summed E-state index contributed by atoms with van der Waals surface area (Å²) in [5.41, 5.74) is -0.624. The van der Waals surface area contributed by atoms with Crippen LogP contribution in [0.5, 0.6) is 0 Å². The first-order valence-corrected chi connectivity index (χ1v) is 7.78. The van der Waals surface area contributed by atoms with Gasteiger partial charge in [0.2, 0.25) is 5.28 Å². The maximum Gasteiger partial charge on any atom is 0.224 e. The molecule has 6 nitrogen and oxygen atoms in total. The fraction of sp³-hybridized carbons (Fsp3) is 0.308. The van der Waals surface area contributed by atoms with Crippen molar-refractivity contribution in [3.8, 4) is 0 Å². The number of anilines is 3. The summed E-state index contributed by atoms with van der Waals surface area (Å²) >= 11 is 7.94. The SMILES string of the molecule is CC1(O)CN(c2cccc(Nc3nc(Cl)ncc3I)n2)C1. The zero-order valence-corrected chi connectivity index (χ0v) is 14.1. The lowest BCUT2D eigenvalue weighted by molar-refractivity contribution is 0.0305. The van der Waals surface area contributed by atoms with Gasteiger partial charge in [-0.1, -0.05) is 6.07 Å². The number of aromatic nitrogens is 3. The van der Waals surface area contributed by atoms with Gasteiger partial charge in [0.05, 0.1) is 9.17 Å². The highest BCUT2D eigenvalue weighted by molar-refractivity contribution is 14.1. The summed E-state index contributed by atoms with van der Waals surface area (Å²) in [5.74, 6) is 2.12. The molecule has 1 aliphatic rings. The minimum atomic E-state index is -0.624. The molecule has 1 saturated heterocycles. The number of pyridine rings is 1. The van der Waals surface area contributed by atoms with E-state index < -0.39 is 5.60 Å². The Morgan fingerprint density at radius 3 is 2.86 bits per heavy atom. The Morgan fingerprint density at radius 2 is 2.14 bits per heavy atom.